The number of benzene rings is 1. The Balaban J connectivity index is 0.00000363. The topological polar surface area (TPSA) is 91.3 Å². The summed E-state index contributed by atoms with van der Waals surface area (Å²) in [6.07, 6.45) is 3.02. The number of nitrogens with one attached hydrogen (secondary N) is 1. The zero-order valence-corrected chi connectivity index (χ0v) is 21.2. The molecule has 1 saturated heterocycles. The normalized spacial score (nSPS) is 16.6. The van der Waals surface area contributed by atoms with Crippen molar-refractivity contribution >= 4 is 47.7 Å². The Hall–Kier alpha value is -2.17. The molecule has 1 N–H and O–H groups in total. The Bertz CT molecular complexity index is 802. The maximum atomic E-state index is 12.4. The summed E-state index contributed by atoms with van der Waals surface area (Å²) in [5.74, 6) is 0.311. The highest BCUT2D eigenvalue weighted by Crippen LogP contribution is 2.23. The molecule has 1 aromatic carbocycles. The van der Waals surface area contributed by atoms with Crippen LogP contribution in [0.4, 0.5) is 0 Å². The van der Waals surface area contributed by atoms with Crippen molar-refractivity contribution in [1.82, 2.24) is 15.1 Å². The molecule has 176 valence electrons. The predicted molar refractivity (Wildman–Crippen MR) is 133 cm³/mol. The molecule has 0 saturated carbocycles. The fourth-order valence-electron chi connectivity index (χ4n) is 4.02. The van der Waals surface area contributed by atoms with Crippen LogP contribution in [0.25, 0.3) is 0 Å². The molecule has 0 spiro atoms. The third kappa shape index (κ3) is 6.20. The molecule has 3 rings (SSSR count). The van der Waals surface area contributed by atoms with E-state index in [9.17, 15) is 14.4 Å². The summed E-state index contributed by atoms with van der Waals surface area (Å²) in [6.45, 7) is 7.61. The maximum absolute atomic E-state index is 12.4. The van der Waals surface area contributed by atoms with Gasteiger partial charge in [-0.05, 0) is 51.7 Å². The number of fused-ring (bicyclic) bond motifs is 1. The molecule has 0 unspecified atom stereocenters. The summed E-state index contributed by atoms with van der Waals surface area (Å²) in [6, 6.07) is 6.96. The van der Waals surface area contributed by atoms with E-state index < -0.39 is 0 Å². The number of piperidine rings is 1. The number of nitrogens with zero attached hydrogens (tertiary/aromatic N) is 3. The minimum atomic E-state index is -0.207. The summed E-state index contributed by atoms with van der Waals surface area (Å²) < 4.78 is 5.14. The molecular formula is C23H33IN4O4. The highest BCUT2D eigenvalue weighted by atomic mass is 127. The zero-order chi connectivity index (χ0) is 22.2. The van der Waals surface area contributed by atoms with Gasteiger partial charge in [0, 0.05) is 32.7 Å². The first-order valence-electron chi connectivity index (χ1n) is 11.2. The van der Waals surface area contributed by atoms with Crippen LogP contribution in [0.2, 0.25) is 0 Å². The minimum absolute atomic E-state index is 0. The number of carbonyl (C=O) groups is 3. The van der Waals surface area contributed by atoms with Crippen molar-refractivity contribution in [3.8, 4) is 0 Å². The van der Waals surface area contributed by atoms with E-state index in [0.717, 1.165) is 44.9 Å². The van der Waals surface area contributed by atoms with Gasteiger partial charge in [-0.25, -0.2) is 0 Å². The number of aliphatic imine (C=N–C) groups is 1. The van der Waals surface area contributed by atoms with E-state index in [1.54, 1.807) is 24.3 Å². The first kappa shape index (κ1) is 26.1. The lowest BCUT2D eigenvalue weighted by atomic mass is 9.97. The molecule has 9 heteroatoms. The summed E-state index contributed by atoms with van der Waals surface area (Å²) in [7, 11) is 0. The lowest BCUT2D eigenvalue weighted by molar-refractivity contribution is -0.149. The summed E-state index contributed by atoms with van der Waals surface area (Å²) >= 11 is 0. The number of esters is 1. The molecule has 0 atom stereocenters. The molecule has 2 heterocycles. The number of imide groups is 1. The van der Waals surface area contributed by atoms with Gasteiger partial charge in [0.2, 0.25) is 0 Å². The molecule has 1 aromatic rings. The highest BCUT2D eigenvalue weighted by Gasteiger charge is 2.34. The second-order valence-electron chi connectivity index (χ2n) is 7.76. The molecule has 2 aliphatic heterocycles. The van der Waals surface area contributed by atoms with E-state index in [2.05, 4.69) is 10.2 Å². The van der Waals surface area contributed by atoms with Gasteiger partial charge in [-0.2, -0.15) is 0 Å². The Morgan fingerprint density at radius 1 is 1.09 bits per heavy atom. The van der Waals surface area contributed by atoms with Gasteiger partial charge in [-0.3, -0.25) is 24.3 Å². The summed E-state index contributed by atoms with van der Waals surface area (Å²) in [5.41, 5.74) is 0.984. The van der Waals surface area contributed by atoms with E-state index in [0.29, 0.717) is 37.2 Å². The van der Waals surface area contributed by atoms with Gasteiger partial charge in [-0.1, -0.05) is 12.1 Å². The van der Waals surface area contributed by atoms with Gasteiger partial charge in [0.1, 0.15) is 0 Å². The molecule has 8 nitrogen and oxygen atoms in total. The van der Waals surface area contributed by atoms with Crippen LogP contribution in [0, 0.1) is 5.92 Å². The quantitative estimate of drug-likeness (QED) is 0.132. The van der Waals surface area contributed by atoms with Crippen molar-refractivity contribution in [2.24, 2.45) is 10.9 Å². The molecule has 2 aliphatic rings. The van der Waals surface area contributed by atoms with E-state index in [4.69, 9.17) is 9.73 Å². The number of likely N-dealkylation sites (tertiary alicyclic amines) is 1. The molecule has 0 aromatic heterocycles. The second kappa shape index (κ2) is 12.8. The third-order valence-electron chi connectivity index (χ3n) is 5.68. The van der Waals surface area contributed by atoms with E-state index in [1.807, 2.05) is 13.8 Å². The number of rotatable bonds is 8. The first-order chi connectivity index (χ1) is 15.1. The van der Waals surface area contributed by atoms with Gasteiger partial charge in [0.15, 0.2) is 5.96 Å². The zero-order valence-electron chi connectivity index (χ0n) is 18.8. The van der Waals surface area contributed by atoms with E-state index in [1.165, 1.54) is 4.90 Å². The number of ether oxygens (including phenoxy) is 1. The van der Waals surface area contributed by atoms with Crippen LogP contribution in [-0.4, -0.2) is 72.9 Å². The van der Waals surface area contributed by atoms with Crippen LogP contribution in [0.15, 0.2) is 29.3 Å². The predicted octanol–water partition coefficient (Wildman–Crippen LogP) is 2.92. The lowest BCUT2D eigenvalue weighted by Crippen LogP contribution is -2.46. The van der Waals surface area contributed by atoms with Crippen LogP contribution < -0.4 is 5.32 Å². The molecule has 2 amide bonds. The van der Waals surface area contributed by atoms with Crippen molar-refractivity contribution in [1.29, 1.82) is 0 Å². The maximum Gasteiger partial charge on any atom is 0.309 e. The Morgan fingerprint density at radius 3 is 2.28 bits per heavy atom. The van der Waals surface area contributed by atoms with Crippen LogP contribution in [0.5, 0.6) is 0 Å². The van der Waals surface area contributed by atoms with E-state index >= 15 is 0 Å². The van der Waals surface area contributed by atoms with Crippen LogP contribution in [0.1, 0.15) is 60.2 Å². The van der Waals surface area contributed by atoms with Gasteiger partial charge in [0.25, 0.3) is 11.8 Å². The number of guanidine groups is 1. The lowest BCUT2D eigenvalue weighted by Gasteiger charge is -2.33. The van der Waals surface area contributed by atoms with Crippen molar-refractivity contribution in [3.05, 3.63) is 35.4 Å². The summed E-state index contributed by atoms with van der Waals surface area (Å²) in [5, 5.41) is 3.32. The Morgan fingerprint density at radius 2 is 1.72 bits per heavy atom. The SMILES string of the molecule is CCNC(=NCCCCN1C(=O)c2ccccc2C1=O)N1CCC(C(=O)OCC)CC1.I. The first-order valence-corrected chi connectivity index (χ1v) is 11.2. The van der Waals surface area contributed by atoms with Gasteiger partial charge >= 0.3 is 5.97 Å². The Labute approximate surface area is 206 Å². The third-order valence-corrected chi connectivity index (χ3v) is 5.68. The van der Waals surface area contributed by atoms with Crippen molar-refractivity contribution in [2.45, 2.75) is 39.5 Å². The fourth-order valence-corrected chi connectivity index (χ4v) is 4.02. The largest absolute Gasteiger partial charge is 0.466 e. The van der Waals surface area contributed by atoms with Crippen LogP contribution >= 0.6 is 24.0 Å². The standard InChI is InChI=1S/C23H32N4O4.HI/c1-3-24-23(26-15-11-17(12-16-26)22(30)31-4-2)25-13-7-8-14-27-20(28)18-9-5-6-10-19(18)21(27)29;/h5-6,9-10,17H,3-4,7-8,11-16H2,1-2H3,(H,24,25);1H. The molecular weight excluding hydrogens is 523 g/mol. The number of halogens is 1. The second-order valence-corrected chi connectivity index (χ2v) is 7.76. The van der Waals surface area contributed by atoms with Crippen LogP contribution in [-0.2, 0) is 9.53 Å². The molecule has 32 heavy (non-hydrogen) atoms. The van der Waals surface area contributed by atoms with Crippen molar-refractivity contribution in [2.75, 3.05) is 39.3 Å². The number of unbranched alkanes of at least 4 members (excludes halogenated alkanes) is 1. The number of carbonyl (C=O) groups excluding carboxylic acids is 3. The van der Waals surface area contributed by atoms with Gasteiger partial charge in [-0.15, -0.1) is 24.0 Å². The van der Waals surface area contributed by atoms with Crippen molar-refractivity contribution < 1.29 is 19.1 Å². The molecule has 0 radical (unpaired) electrons. The molecule has 0 aliphatic carbocycles. The fraction of sp³-hybridized carbons (Fsp3) is 0.565. The monoisotopic (exact) mass is 556 g/mol. The van der Waals surface area contributed by atoms with Gasteiger partial charge in [0.05, 0.1) is 23.7 Å². The van der Waals surface area contributed by atoms with Gasteiger partial charge < -0.3 is 15.0 Å². The van der Waals surface area contributed by atoms with Crippen molar-refractivity contribution in [3.63, 3.8) is 0 Å². The average Bonchev–Trinajstić information content (AvgIpc) is 3.03. The smallest absolute Gasteiger partial charge is 0.309 e. The summed E-state index contributed by atoms with van der Waals surface area (Å²) in [4.78, 5) is 45.0. The Kier molecular flexibility index (Phi) is 10.4. The average molecular weight is 556 g/mol. The number of amides is 2. The highest BCUT2D eigenvalue weighted by molar-refractivity contribution is 14.0. The molecule has 0 bridgehead atoms. The van der Waals surface area contributed by atoms with E-state index in [-0.39, 0.29) is 47.7 Å². The number of hydrogen-bond acceptors (Lipinski definition) is 5. The van der Waals surface area contributed by atoms with Crippen LogP contribution in [0.3, 0.4) is 0 Å². The molecule has 1 fully saturated rings. The number of hydrogen-bond donors (Lipinski definition) is 1. The minimum Gasteiger partial charge on any atom is -0.466 e.